The Balaban J connectivity index is 1.67. The topological polar surface area (TPSA) is 84.7 Å². The lowest BCUT2D eigenvalue weighted by atomic mass is 10.2. The molecule has 8 nitrogen and oxygen atoms in total. The van der Waals surface area contributed by atoms with Crippen LogP contribution < -0.4 is 0 Å². The molecule has 0 spiro atoms. The van der Waals surface area contributed by atoms with Crippen molar-refractivity contribution in [3.8, 4) is 0 Å². The average molecular weight is 356 g/mol. The summed E-state index contributed by atoms with van der Waals surface area (Å²) in [4.78, 5) is 14.3. The van der Waals surface area contributed by atoms with Gasteiger partial charge in [-0.3, -0.25) is 9.48 Å². The first-order chi connectivity index (χ1) is 11.4. The van der Waals surface area contributed by atoms with Crippen LogP contribution in [-0.2, 0) is 26.1 Å². The molecule has 1 amide bonds. The molecule has 1 atom stereocenters. The summed E-state index contributed by atoms with van der Waals surface area (Å²) in [6.07, 6.45) is 2.89. The molecule has 2 fully saturated rings. The van der Waals surface area contributed by atoms with Gasteiger partial charge in [0.25, 0.3) is 5.91 Å². The van der Waals surface area contributed by atoms with Gasteiger partial charge >= 0.3 is 0 Å². The van der Waals surface area contributed by atoms with Crippen LogP contribution in [0.5, 0.6) is 0 Å². The van der Waals surface area contributed by atoms with Crippen molar-refractivity contribution in [2.24, 2.45) is 0 Å². The minimum Gasteiger partial charge on any atom is -0.368 e. The van der Waals surface area contributed by atoms with Crippen LogP contribution in [0.4, 0.5) is 0 Å². The molecule has 134 valence electrons. The molecule has 0 aromatic carbocycles. The van der Waals surface area contributed by atoms with E-state index in [4.69, 9.17) is 4.74 Å². The minimum atomic E-state index is -3.57. The number of piperazine rings is 1. The molecule has 0 saturated carbocycles. The fraction of sp³-hybridized carbons (Fsp3) is 0.733. The maximum Gasteiger partial charge on any atom is 0.251 e. The summed E-state index contributed by atoms with van der Waals surface area (Å²) >= 11 is 0. The van der Waals surface area contributed by atoms with Gasteiger partial charge in [0.05, 0.1) is 5.69 Å². The number of nitrogens with zero attached hydrogens (tertiary/aromatic N) is 4. The van der Waals surface area contributed by atoms with E-state index >= 15 is 0 Å². The third kappa shape index (κ3) is 3.20. The van der Waals surface area contributed by atoms with Crippen LogP contribution in [0.25, 0.3) is 0 Å². The van der Waals surface area contributed by atoms with Gasteiger partial charge in [-0.15, -0.1) is 0 Å². The second kappa shape index (κ2) is 6.81. The van der Waals surface area contributed by atoms with Crippen LogP contribution in [0.3, 0.4) is 0 Å². The highest BCUT2D eigenvalue weighted by molar-refractivity contribution is 7.89. The van der Waals surface area contributed by atoms with E-state index in [9.17, 15) is 13.2 Å². The normalized spacial score (nSPS) is 22.9. The van der Waals surface area contributed by atoms with Gasteiger partial charge in [-0.2, -0.15) is 9.40 Å². The van der Waals surface area contributed by atoms with Crippen LogP contribution in [0.15, 0.2) is 11.1 Å². The molecule has 24 heavy (non-hydrogen) atoms. The lowest BCUT2D eigenvalue weighted by Gasteiger charge is -2.34. The maximum absolute atomic E-state index is 12.8. The molecule has 0 radical (unpaired) electrons. The summed E-state index contributed by atoms with van der Waals surface area (Å²) in [5.41, 5.74) is 0.509. The number of amides is 1. The largest absolute Gasteiger partial charge is 0.368 e. The molecule has 0 N–H and O–H groups in total. The molecule has 1 aromatic rings. The first kappa shape index (κ1) is 17.4. The Labute approximate surface area is 142 Å². The van der Waals surface area contributed by atoms with E-state index in [2.05, 4.69) is 5.10 Å². The molecule has 0 bridgehead atoms. The highest BCUT2D eigenvalue weighted by Crippen LogP contribution is 2.22. The number of aryl methyl sites for hydroxylation is 2. The number of sulfonamides is 1. The smallest absolute Gasteiger partial charge is 0.251 e. The highest BCUT2D eigenvalue weighted by Gasteiger charge is 2.35. The van der Waals surface area contributed by atoms with Crippen molar-refractivity contribution >= 4 is 15.9 Å². The third-order valence-corrected chi connectivity index (χ3v) is 6.60. The molecule has 0 aliphatic carbocycles. The number of carbonyl (C=O) groups excluding carboxylic acids is 1. The molecule has 3 heterocycles. The Kier molecular flexibility index (Phi) is 4.93. The molecule has 9 heteroatoms. The minimum absolute atomic E-state index is 0.0143. The Morgan fingerprint density at radius 3 is 2.58 bits per heavy atom. The number of aromatic nitrogens is 2. The number of hydrogen-bond acceptors (Lipinski definition) is 5. The summed E-state index contributed by atoms with van der Waals surface area (Å²) in [6.45, 7) is 6.28. The fourth-order valence-electron chi connectivity index (χ4n) is 3.18. The summed E-state index contributed by atoms with van der Waals surface area (Å²) < 4.78 is 34.1. The molecular formula is C15H24N4O4S. The van der Waals surface area contributed by atoms with E-state index < -0.39 is 10.0 Å². The quantitative estimate of drug-likeness (QED) is 0.771. The first-order valence-electron chi connectivity index (χ1n) is 8.38. The zero-order valence-corrected chi connectivity index (χ0v) is 15.0. The van der Waals surface area contributed by atoms with Gasteiger partial charge in [-0.05, 0) is 26.7 Å². The number of carbonyl (C=O) groups is 1. The third-order valence-electron chi connectivity index (χ3n) is 4.60. The van der Waals surface area contributed by atoms with Crippen molar-refractivity contribution in [2.75, 3.05) is 32.8 Å². The van der Waals surface area contributed by atoms with E-state index in [-0.39, 0.29) is 16.9 Å². The maximum atomic E-state index is 12.8. The van der Waals surface area contributed by atoms with E-state index in [1.807, 2.05) is 6.92 Å². The SMILES string of the molecule is CCn1cc(S(=O)(=O)N2CCN(C(=O)C3CCCO3)CC2)c(C)n1. The van der Waals surface area contributed by atoms with Crippen LogP contribution in [0.1, 0.15) is 25.5 Å². The Hall–Kier alpha value is -1.45. The van der Waals surface area contributed by atoms with E-state index in [1.54, 1.807) is 22.7 Å². The first-order valence-corrected chi connectivity index (χ1v) is 9.82. The summed E-state index contributed by atoms with van der Waals surface area (Å²) in [5, 5.41) is 4.22. The Morgan fingerprint density at radius 1 is 1.33 bits per heavy atom. The molecule has 2 aliphatic heterocycles. The predicted octanol–water partition coefficient (Wildman–Crippen LogP) is 0.223. The Bertz CT molecular complexity index is 701. The van der Waals surface area contributed by atoms with Gasteiger partial charge in [0.1, 0.15) is 11.0 Å². The fourth-order valence-corrected chi connectivity index (χ4v) is 4.77. The molecule has 2 saturated heterocycles. The van der Waals surface area contributed by atoms with Crippen molar-refractivity contribution in [1.82, 2.24) is 19.0 Å². The van der Waals surface area contributed by atoms with Gasteiger partial charge in [0.15, 0.2) is 0 Å². The summed E-state index contributed by atoms with van der Waals surface area (Å²) in [7, 11) is -3.57. The summed E-state index contributed by atoms with van der Waals surface area (Å²) in [6, 6.07) is 0. The molecule has 1 unspecified atom stereocenters. The van der Waals surface area contributed by atoms with Gasteiger partial charge in [0.2, 0.25) is 10.0 Å². The second-order valence-corrected chi connectivity index (χ2v) is 8.07. The van der Waals surface area contributed by atoms with Crippen molar-refractivity contribution in [3.63, 3.8) is 0 Å². The van der Waals surface area contributed by atoms with Crippen molar-refractivity contribution in [2.45, 2.75) is 44.2 Å². The Morgan fingerprint density at radius 2 is 2.04 bits per heavy atom. The zero-order valence-electron chi connectivity index (χ0n) is 14.1. The standard InChI is InChI=1S/C15H24N4O4S/c1-3-18-11-14(12(2)16-18)24(21,22)19-8-6-17(7-9-19)15(20)13-5-4-10-23-13/h11,13H,3-10H2,1-2H3. The average Bonchev–Trinajstić information content (AvgIpc) is 3.24. The second-order valence-electron chi connectivity index (χ2n) is 6.17. The van der Waals surface area contributed by atoms with Crippen molar-refractivity contribution in [1.29, 1.82) is 0 Å². The predicted molar refractivity (Wildman–Crippen MR) is 87.0 cm³/mol. The van der Waals surface area contributed by atoms with Gasteiger partial charge in [0, 0.05) is 45.5 Å². The van der Waals surface area contributed by atoms with E-state index in [1.165, 1.54) is 4.31 Å². The van der Waals surface area contributed by atoms with Crippen molar-refractivity contribution < 1.29 is 17.9 Å². The van der Waals surface area contributed by atoms with E-state index in [0.29, 0.717) is 45.0 Å². The monoisotopic (exact) mass is 356 g/mol. The van der Waals surface area contributed by atoms with Crippen LogP contribution >= 0.6 is 0 Å². The van der Waals surface area contributed by atoms with Gasteiger partial charge < -0.3 is 9.64 Å². The lowest BCUT2D eigenvalue weighted by Crippen LogP contribution is -2.52. The molecule has 2 aliphatic rings. The summed E-state index contributed by atoms with van der Waals surface area (Å²) in [5.74, 6) is -0.0143. The number of rotatable bonds is 4. The number of ether oxygens (including phenoxy) is 1. The van der Waals surface area contributed by atoms with Crippen LogP contribution in [0.2, 0.25) is 0 Å². The van der Waals surface area contributed by atoms with E-state index in [0.717, 1.165) is 12.8 Å². The molecule has 1 aromatic heterocycles. The number of hydrogen-bond donors (Lipinski definition) is 0. The van der Waals surface area contributed by atoms with Crippen LogP contribution in [-0.4, -0.2) is 72.2 Å². The van der Waals surface area contributed by atoms with Crippen LogP contribution in [0, 0.1) is 6.92 Å². The molecule has 3 rings (SSSR count). The van der Waals surface area contributed by atoms with Crippen molar-refractivity contribution in [3.05, 3.63) is 11.9 Å². The van der Waals surface area contributed by atoms with Gasteiger partial charge in [-0.25, -0.2) is 8.42 Å². The van der Waals surface area contributed by atoms with Gasteiger partial charge in [-0.1, -0.05) is 0 Å². The zero-order chi connectivity index (χ0) is 17.3. The highest BCUT2D eigenvalue weighted by atomic mass is 32.2. The lowest BCUT2D eigenvalue weighted by molar-refractivity contribution is -0.142. The molecular weight excluding hydrogens is 332 g/mol.